The van der Waals surface area contributed by atoms with Gasteiger partial charge in [-0.25, -0.2) is 4.79 Å². The van der Waals surface area contributed by atoms with Gasteiger partial charge in [-0.2, -0.15) is 0 Å². The summed E-state index contributed by atoms with van der Waals surface area (Å²) in [4.78, 5) is 162. The van der Waals surface area contributed by atoms with Gasteiger partial charge < -0.3 is 64.2 Å². The first kappa shape index (κ1) is 59.2. The SMILES string of the molecule is CN(CC(=O)O)C(=O)CN(C)C(=O)CN(C)C(=O)CN(C)C(=O)CN(C)C(=O)CN(C)C(=O)CN(C)C(=O)CN(C)C(=O)CN(C)C(=O)CN(C)C(=O)CCNC(=O)OCC1c2ccccc2-c2ccccc21. The van der Waals surface area contributed by atoms with E-state index in [1.54, 1.807) is 0 Å². The fraction of sp³-hybridized carbons (Fsp3) is 0.500. The number of benzene rings is 2. The molecule has 25 heteroatoms. The van der Waals surface area contributed by atoms with Crippen molar-refractivity contribution in [2.75, 3.05) is 149 Å². The van der Waals surface area contributed by atoms with Gasteiger partial charge >= 0.3 is 12.1 Å². The Balaban J connectivity index is 1.33. The third-order valence-corrected chi connectivity index (χ3v) is 11.9. The number of alkyl carbamates (subject to hydrolysis) is 1. The summed E-state index contributed by atoms with van der Waals surface area (Å²) >= 11 is 0. The van der Waals surface area contributed by atoms with E-state index in [-0.39, 0.29) is 32.0 Å². The van der Waals surface area contributed by atoms with Crippen LogP contribution in [-0.4, -0.2) is 274 Å². The molecule has 3 rings (SSSR count). The average molecular weight is 1020 g/mol. The minimum absolute atomic E-state index is 0.0416. The van der Waals surface area contributed by atoms with Crippen molar-refractivity contribution in [3.8, 4) is 11.1 Å². The molecule has 398 valence electrons. The summed E-state index contributed by atoms with van der Waals surface area (Å²) in [7, 11) is 13.3. The lowest BCUT2D eigenvalue weighted by Gasteiger charge is -2.27. The molecule has 0 atom stereocenters. The Morgan fingerprint density at radius 2 is 0.644 bits per heavy atom. The summed E-state index contributed by atoms with van der Waals surface area (Å²) in [6.45, 7) is -4.48. The van der Waals surface area contributed by atoms with E-state index in [9.17, 15) is 57.5 Å². The summed E-state index contributed by atoms with van der Waals surface area (Å²) in [5.41, 5.74) is 4.30. The molecule has 0 radical (unpaired) electrons. The maximum absolute atomic E-state index is 13.0. The Kier molecular flexibility index (Phi) is 22.3. The van der Waals surface area contributed by atoms with Crippen molar-refractivity contribution in [1.29, 1.82) is 0 Å². The van der Waals surface area contributed by atoms with Crippen LogP contribution in [0.2, 0.25) is 0 Å². The number of ether oxygens (including phenoxy) is 1. The summed E-state index contributed by atoms with van der Waals surface area (Å²) in [5, 5.41) is 11.4. The molecule has 0 saturated carbocycles. The highest BCUT2D eigenvalue weighted by Gasteiger charge is 2.30. The molecular weight excluding hydrogens is 955 g/mol. The molecule has 11 amide bonds. The number of hydrogen-bond donors (Lipinski definition) is 2. The van der Waals surface area contributed by atoms with Crippen molar-refractivity contribution in [2.45, 2.75) is 12.3 Å². The maximum Gasteiger partial charge on any atom is 0.407 e. The normalized spacial score (nSPS) is 11.2. The van der Waals surface area contributed by atoms with Gasteiger partial charge in [0.2, 0.25) is 59.1 Å². The van der Waals surface area contributed by atoms with Crippen LogP contribution < -0.4 is 5.32 Å². The van der Waals surface area contributed by atoms with E-state index < -0.39 is 130 Å². The number of carbonyl (C=O) groups is 12. The van der Waals surface area contributed by atoms with Crippen LogP contribution in [0.25, 0.3) is 11.1 Å². The van der Waals surface area contributed by atoms with Crippen LogP contribution in [0.3, 0.4) is 0 Å². The Bertz CT molecular complexity index is 2370. The maximum atomic E-state index is 13.0. The highest BCUT2D eigenvalue weighted by atomic mass is 16.5. The van der Waals surface area contributed by atoms with Crippen LogP contribution in [0.4, 0.5) is 4.79 Å². The number of aliphatic carboxylic acids is 1. The van der Waals surface area contributed by atoms with Crippen LogP contribution >= 0.6 is 0 Å². The second-order valence-corrected chi connectivity index (χ2v) is 17.9. The van der Waals surface area contributed by atoms with Crippen molar-refractivity contribution in [2.24, 2.45) is 0 Å². The lowest BCUT2D eigenvalue weighted by Crippen LogP contribution is -2.49. The molecule has 73 heavy (non-hydrogen) atoms. The van der Waals surface area contributed by atoms with Gasteiger partial charge in [0.15, 0.2) is 0 Å². The molecule has 2 aromatic rings. The van der Waals surface area contributed by atoms with E-state index in [0.29, 0.717) is 0 Å². The number of nitrogens with one attached hydrogen (secondary N) is 1. The first-order chi connectivity index (χ1) is 34.2. The number of carboxylic acid groups (broad SMARTS) is 1. The first-order valence-electron chi connectivity index (χ1n) is 22.9. The van der Waals surface area contributed by atoms with E-state index >= 15 is 0 Å². The molecule has 1 aliphatic rings. The van der Waals surface area contributed by atoms with Crippen molar-refractivity contribution < 1.29 is 67.4 Å². The number of likely N-dealkylation sites (N-methyl/N-ethyl adjacent to an activating group) is 10. The van der Waals surface area contributed by atoms with Gasteiger partial charge in [-0.3, -0.25) is 52.7 Å². The van der Waals surface area contributed by atoms with E-state index in [1.165, 1.54) is 70.5 Å². The number of amides is 11. The van der Waals surface area contributed by atoms with Crippen LogP contribution in [-0.2, 0) is 57.5 Å². The Hall–Kier alpha value is -8.12. The van der Waals surface area contributed by atoms with Gasteiger partial charge in [0.05, 0.1) is 58.9 Å². The zero-order chi connectivity index (χ0) is 54.9. The van der Waals surface area contributed by atoms with Gasteiger partial charge in [-0.15, -0.1) is 0 Å². The standard InChI is InChI=1S/C48H67N11O14/c1-50(37(60)19-20-49-48(72)73-31-36-34-17-13-11-15-32(34)33-16-12-14-18-35(33)36)21-38(61)51(2)22-39(62)52(3)23-40(63)53(4)24-41(64)54(5)25-42(65)55(6)26-43(66)56(7)27-44(67)57(8)28-45(68)58(9)29-46(69)59(10)30-47(70)71/h11-18,36H,19-31H2,1-10H3,(H,49,72)(H,70,71). The van der Waals surface area contributed by atoms with E-state index in [4.69, 9.17) is 9.84 Å². The Morgan fingerprint density at radius 3 is 0.918 bits per heavy atom. The smallest absolute Gasteiger partial charge is 0.407 e. The molecule has 0 bridgehead atoms. The van der Waals surface area contributed by atoms with Crippen molar-refractivity contribution in [3.05, 3.63) is 59.7 Å². The van der Waals surface area contributed by atoms with E-state index in [0.717, 1.165) is 71.3 Å². The lowest BCUT2D eigenvalue weighted by molar-refractivity contribution is -0.147. The molecule has 0 spiro atoms. The van der Waals surface area contributed by atoms with Crippen LogP contribution in [0.5, 0.6) is 0 Å². The van der Waals surface area contributed by atoms with Gasteiger partial charge in [0.1, 0.15) is 13.2 Å². The predicted molar refractivity (Wildman–Crippen MR) is 262 cm³/mol. The first-order valence-corrected chi connectivity index (χ1v) is 22.9. The highest BCUT2D eigenvalue weighted by molar-refractivity contribution is 5.94. The summed E-state index contributed by atoms with van der Waals surface area (Å²) in [5.74, 6) is -7.40. The molecule has 0 aliphatic heterocycles. The predicted octanol–water partition coefficient (Wildman–Crippen LogP) is -2.42. The summed E-state index contributed by atoms with van der Waals surface area (Å²) < 4.78 is 5.51. The van der Waals surface area contributed by atoms with E-state index in [2.05, 4.69) is 5.32 Å². The fourth-order valence-electron chi connectivity index (χ4n) is 7.11. The average Bonchev–Trinajstić information content (AvgIpc) is 3.65. The fourth-order valence-corrected chi connectivity index (χ4v) is 7.11. The third-order valence-electron chi connectivity index (χ3n) is 11.9. The molecular formula is C48H67N11O14. The van der Waals surface area contributed by atoms with E-state index in [1.807, 2.05) is 48.5 Å². The van der Waals surface area contributed by atoms with Crippen molar-refractivity contribution in [3.63, 3.8) is 0 Å². The third kappa shape index (κ3) is 17.9. The van der Waals surface area contributed by atoms with Gasteiger partial charge in [-0.05, 0) is 22.3 Å². The number of rotatable bonds is 25. The Labute approximate surface area is 424 Å². The number of carboxylic acids is 1. The van der Waals surface area contributed by atoms with Crippen LogP contribution in [0.15, 0.2) is 48.5 Å². The molecule has 25 nitrogen and oxygen atoms in total. The monoisotopic (exact) mass is 1020 g/mol. The minimum atomic E-state index is -1.23. The zero-order valence-corrected chi connectivity index (χ0v) is 43.1. The largest absolute Gasteiger partial charge is 0.480 e. The second kappa shape index (κ2) is 27.5. The topological polar surface area (TPSA) is 279 Å². The lowest BCUT2D eigenvalue weighted by atomic mass is 9.98. The molecule has 1 aliphatic carbocycles. The zero-order valence-electron chi connectivity index (χ0n) is 43.1. The Morgan fingerprint density at radius 1 is 0.397 bits per heavy atom. The summed E-state index contributed by atoms with van der Waals surface area (Å²) in [6.07, 6.45) is -0.810. The molecule has 2 N–H and O–H groups in total. The molecule has 2 aromatic carbocycles. The molecule has 0 fully saturated rings. The molecule has 0 saturated heterocycles. The van der Waals surface area contributed by atoms with Gasteiger partial charge in [0, 0.05) is 89.4 Å². The molecule has 0 aromatic heterocycles. The highest BCUT2D eigenvalue weighted by Crippen LogP contribution is 2.44. The quantitative estimate of drug-likeness (QED) is 0.105. The van der Waals surface area contributed by atoms with Crippen LogP contribution in [0, 0.1) is 0 Å². The molecule has 0 heterocycles. The van der Waals surface area contributed by atoms with Gasteiger partial charge in [-0.1, -0.05) is 48.5 Å². The van der Waals surface area contributed by atoms with Gasteiger partial charge in [0.25, 0.3) is 0 Å². The van der Waals surface area contributed by atoms with Crippen molar-refractivity contribution in [1.82, 2.24) is 54.3 Å². The van der Waals surface area contributed by atoms with Crippen LogP contribution in [0.1, 0.15) is 23.5 Å². The number of hydrogen-bond acceptors (Lipinski definition) is 13. The molecule has 0 unspecified atom stereocenters. The summed E-state index contributed by atoms with van der Waals surface area (Å²) in [6, 6.07) is 15.8. The minimum Gasteiger partial charge on any atom is -0.480 e. The number of fused-ring (bicyclic) bond motifs is 3. The number of carbonyl (C=O) groups excluding carboxylic acids is 11. The second-order valence-electron chi connectivity index (χ2n) is 17.9. The van der Waals surface area contributed by atoms with Crippen molar-refractivity contribution >= 4 is 71.1 Å². The number of nitrogens with zero attached hydrogens (tertiary/aromatic N) is 10.